The van der Waals surface area contributed by atoms with Crippen molar-refractivity contribution in [1.29, 1.82) is 0 Å². The van der Waals surface area contributed by atoms with Crippen molar-refractivity contribution in [2.45, 2.75) is 13.5 Å². The smallest absolute Gasteiger partial charge is 0.295 e. The van der Waals surface area contributed by atoms with Crippen LogP contribution in [0.3, 0.4) is 0 Å². The lowest BCUT2D eigenvalue weighted by Gasteiger charge is -2.04. The largest absolute Gasteiger partial charge is 0.424 e. The van der Waals surface area contributed by atoms with Crippen molar-refractivity contribution in [2.75, 3.05) is 5.32 Å². The van der Waals surface area contributed by atoms with Crippen molar-refractivity contribution >= 4 is 17.1 Å². The number of nitrogens with zero attached hydrogens (tertiary/aromatic N) is 2. The van der Waals surface area contributed by atoms with Crippen LogP contribution in [0.15, 0.2) is 47.1 Å². The molecule has 0 aliphatic carbocycles. The Bertz CT molecular complexity index is 642. The Balaban J connectivity index is 1.79. The van der Waals surface area contributed by atoms with E-state index >= 15 is 0 Å². The van der Waals surface area contributed by atoms with E-state index in [0.717, 1.165) is 16.7 Å². The Morgan fingerprint density at radius 3 is 2.94 bits per heavy atom. The SMILES string of the molecule is Cc1ccncc1CNc1nc2ccccc2o1. The van der Waals surface area contributed by atoms with Gasteiger partial charge in [-0.15, -0.1) is 0 Å². The lowest BCUT2D eigenvalue weighted by atomic mass is 10.2. The van der Waals surface area contributed by atoms with Crippen LogP contribution in [-0.2, 0) is 6.54 Å². The molecule has 18 heavy (non-hydrogen) atoms. The fourth-order valence-corrected chi connectivity index (χ4v) is 1.80. The maximum absolute atomic E-state index is 5.59. The van der Waals surface area contributed by atoms with Gasteiger partial charge in [0.25, 0.3) is 6.01 Å². The molecule has 0 spiro atoms. The molecule has 0 amide bonds. The van der Waals surface area contributed by atoms with Gasteiger partial charge in [-0.2, -0.15) is 4.98 Å². The maximum Gasteiger partial charge on any atom is 0.295 e. The fraction of sp³-hybridized carbons (Fsp3) is 0.143. The van der Waals surface area contributed by atoms with Crippen LogP contribution in [-0.4, -0.2) is 9.97 Å². The summed E-state index contributed by atoms with van der Waals surface area (Å²) < 4.78 is 5.59. The summed E-state index contributed by atoms with van der Waals surface area (Å²) >= 11 is 0. The molecule has 4 nitrogen and oxygen atoms in total. The topological polar surface area (TPSA) is 51.0 Å². The van der Waals surface area contributed by atoms with Crippen molar-refractivity contribution in [3.8, 4) is 0 Å². The highest BCUT2D eigenvalue weighted by Gasteiger charge is 2.05. The van der Waals surface area contributed by atoms with Gasteiger partial charge in [0, 0.05) is 18.9 Å². The minimum absolute atomic E-state index is 0.541. The van der Waals surface area contributed by atoms with Crippen LogP contribution < -0.4 is 5.32 Å². The number of para-hydroxylation sites is 2. The third-order valence-electron chi connectivity index (χ3n) is 2.87. The summed E-state index contributed by atoms with van der Waals surface area (Å²) in [6, 6.07) is 10.2. The number of nitrogens with one attached hydrogen (secondary N) is 1. The van der Waals surface area contributed by atoms with E-state index in [0.29, 0.717) is 12.6 Å². The van der Waals surface area contributed by atoms with E-state index in [9.17, 15) is 0 Å². The van der Waals surface area contributed by atoms with Gasteiger partial charge in [0.15, 0.2) is 5.58 Å². The van der Waals surface area contributed by atoms with E-state index in [-0.39, 0.29) is 0 Å². The quantitative estimate of drug-likeness (QED) is 0.762. The third-order valence-corrected chi connectivity index (χ3v) is 2.87. The van der Waals surface area contributed by atoms with Crippen molar-refractivity contribution < 1.29 is 4.42 Å². The molecular formula is C14H13N3O. The number of hydrogen-bond donors (Lipinski definition) is 1. The summed E-state index contributed by atoms with van der Waals surface area (Å²) in [6.07, 6.45) is 3.64. The van der Waals surface area contributed by atoms with E-state index in [1.54, 1.807) is 6.20 Å². The molecule has 0 unspecified atom stereocenters. The van der Waals surface area contributed by atoms with Crippen LogP contribution in [0, 0.1) is 6.92 Å². The molecule has 0 saturated carbocycles. The summed E-state index contributed by atoms with van der Waals surface area (Å²) in [5.41, 5.74) is 4.00. The summed E-state index contributed by atoms with van der Waals surface area (Å²) in [5.74, 6) is 0. The Hall–Kier alpha value is -2.36. The van der Waals surface area contributed by atoms with E-state index in [2.05, 4.69) is 22.2 Å². The van der Waals surface area contributed by atoms with Gasteiger partial charge in [-0.25, -0.2) is 0 Å². The highest BCUT2D eigenvalue weighted by Crippen LogP contribution is 2.18. The van der Waals surface area contributed by atoms with Gasteiger partial charge in [0.2, 0.25) is 0 Å². The number of pyridine rings is 1. The van der Waals surface area contributed by atoms with Crippen LogP contribution >= 0.6 is 0 Å². The Kier molecular flexibility index (Phi) is 2.68. The van der Waals surface area contributed by atoms with Crippen LogP contribution in [0.4, 0.5) is 6.01 Å². The second-order valence-electron chi connectivity index (χ2n) is 4.14. The zero-order valence-electron chi connectivity index (χ0n) is 10.1. The molecule has 90 valence electrons. The molecule has 0 fully saturated rings. The summed E-state index contributed by atoms with van der Waals surface area (Å²) in [7, 11) is 0. The van der Waals surface area contributed by atoms with Crippen molar-refractivity contribution in [3.05, 3.63) is 53.9 Å². The summed E-state index contributed by atoms with van der Waals surface area (Å²) in [5, 5.41) is 3.17. The molecule has 0 bridgehead atoms. The molecule has 0 aliphatic rings. The highest BCUT2D eigenvalue weighted by molar-refractivity contribution is 5.74. The maximum atomic E-state index is 5.59. The Morgan fingerprint density at radius 1 is 1.22 bits per heavy atom. The molecule has 2 heterocycles. The normalized spacial score (nSPS) is 10.7. The van der Waals surface area contributed by atoms with Gasteiger partial charge < -0.3 is 9.73 Å². The minimum Gasteiger partial charge on any atom is -0.424 e. The molecule has 1 aromatic carbocycles. The van der Waals surface area contributed by atoms with Crippen molar-refractivity contribution in [3.63, 3.8) is 0 Å². The molecule has 0 aliphatic heterocycles. The van der Waals surface area contributed by atoms with E-state index in [1.165, 1.54) is 5.56 Å². The lowest BCUT2D eigenvalue weighted by Crippen LogP contribution is -2.01. The molecule has 3 aromatic rings. The first-order valence-corrected chi connectivity index (χ1v) is 5.82. The van der Waals surface area contributed by atoms with E-state index in [4.69, 9.17) is 4.42 Å². The predicted molar refractivity (Wildman–Crippen MR) is 70.3 cm³/mol. The second kappa shape index (κ2) is 4.49. The second-order valence-corrected chi connectivity index (χ2v) is 4.14. The number of oxazole rings is 1. The van der Waals surface area contributed by atoms with Crippen LogP contribution in [0.25, 0.3) is 11.1 Å². The summed E-state index contributed by atoms with van der Waals surface area (Å²) in [4.78, 5) is 8.47. The standard InChI is InChI=1S/C14H13N3O/c1-10-6-7-15-8-11(10)9-16-14-17-12-4-2-3-5-13(12)18-14/h2-8H,9H2,1H3,(H,16,17). The first-order chi connectivity index (χ1) is 8.83. The van der Waals surface area contributed by atoms with Crippen molar-refractivity contribution in [1.82, 2.24) is 9.97 Å². The lowest BCUT2D eigenvalue weighted by molar-refractivity contribution is 0.614. The number of anilines is 1. The average molecular weight is 239 g/mol. The number of hydrogen-bond acceptors (Lipinski definition) is 4. The number of benzene rings is 1. The molecule has 0 saturated heterocycles. The predicted octanol–water partition coefficient (Wildman–Crippen LogP) is 3.14. The number of fused-ring (bicyclic) bond motifs is 1. The third kappa shape index (κ3) is 2.05. The first kappa shape index (κ1) is 10.8. The molecule has 4 heteroatoms. The number of aromatic nitrogens is 2. The van der Waals surface area contributed by atoms with Gasteiger partial charge in [-0.1, -0.05) is 12.1 Å². The molecule has 3 rings (SSSR count). The van der Waals surface area contributed by atoms with Crippen LogP contribution in [0.5, 0.6) is 0 Å². The Morgan fingerprint density at radius 2 is 2.11 bits per heavy atom. The average Bonchev–Trinajstić information content (AvgIpc) is 2.80. The zero-order chi connectivity index (χ0) is 12.4. The number of rotatable bonds is 3. The molecular weight excluding hydrogens is 226 g/mol. The van der Waals surface area contributed by atoms with E-state index in [1.807, 2.05) is 36.5 Å². The minimum atomic E-state index is 0.541. The molecule has 2 aromatic heterocycles. The monoisotopic (exact) mass is 239 g/mol. The first-order valence-electron chi connectivity index (χ1n) is 5.82. The number of aryl methyl sites for hydroxylation is 1. The van der Waals surface area contributed by atoms with Gasteiger partial charge in [0.05, 0.1) is 0 Å². The highest BCUT2D eigenvalue weighted by atomic mass is 16.4. The Labute approximate surface area is 105 Å². The molecule has 0 radical (unpaired) electrons. The summed E-state index contributed by atoms with van der Waals surface area (Å²) in [6.45, 7) is 2.72. The van der Waals surface area contributed by atoms with E-state index < -0.39 is 0 Å². The van der Waals surface area contributed by atoms with Crippen molar-refractivity contribution in [2.24, 2.45) is 0 Å². The van der Waals surface area contributed by atoms with Crippen LogP contribution in [0.2, 0.25) is 0 Å². The zero-order valence-corrected chi connectivity index (χ0v) is 10.1. The van der Waals surface area contributed by atoms with Gasteiger partial charge in [-0.05, 0) is 36.2 Å². The molecule has 1 N–H and O–H groups in total. The molecule has 0 atom stereocenters. The van der Waals surface area contributed by atoms with Crippen LogP contribution in [0.1, 0.15) is 11.1 Å². The fourth-order valence-electron chi connectivity index (χ4n) is 1.80. The van der Waals surface area contributed by atoms with Gasteiger partial charge in [-0.3, -0.25) is 4.98 Å². The van der Waals surface area contributed by atoms with Gasteiger partial charge in [0.1, 0.15) is 5.52 Å². The van der Waals surface area contributed by atoms with Gasteiger partial charge >= 0.3 is 0 Å².